The molecule has 0 heterocycles. The molecule has 0 aliphatic rings. The molecule has 0 aliphatic carbocycles. The van der Waals surface area contributed by atoms with Crippen LogP contribution in [0.3, 0.4) is 0 Å². The smallest absolute Gasteiger partial charge is 0.0471 e. The number of nitrogens with one attached hydrogen (secondary N) is 1. The standard InChI is InChI=1S/C15H33NO/c1-7-9-11-17-12-10-15(6,8-2)13-16-14(3,4)5/h16H,7-13H2,1-6H3. The van der Waals surface area contributed by atoms with E-state index in [0.717, 1.165) is 26.2 Å². The van der Waals surface area contributed by atoms with E-state index < -0.39 is 0 Å². The first-order chi connectivity index (χ1) is 7.83. The second-order valence-corrected chi connectivity index (χ2v) is 6.48. The summed E-state index contributed by atoms with van der Waals surface area (Å²) < 4.78 is 5.68. The van der Waals surface area contributed by atoms with Gasteiger partial charge in [-0.1, -0.05) is 27.2 Å². The summed E-state index contributed by atoms with van der Waals surface area (Å²) in [6.07, 6.45) is 4.75. The van der Waals surface area contributed by atoms with Crippen LogP contribution in [0.5, 0.6) is 0 Å². The highest BCUT2D eigenvalue weighted by Crippen LogP contribution is 2.25. The van der Waals surface area contributed by atoms with Gasteiger partial charge in [0, 0.05) is 25.3 Å². The molecule has 0 radical (unpaired) electrons. The van der Waals surface area contributed by atoms with Gasteiger partial charge in [-0.3, -0.25) is 0 Å². The summed E-state index contributed by atoms with van der Waals surface area (Å²) in [7, 11) is 0. The largest absolute Gasteiger partial charge is 0.381 e. The van der Waals surface area contributed by atoms with Crippen LogP contribution in [0.25, 0.3) is 0 Å². The molecule has 0 spiro atoms. The predicted molar refractivity (Wildman–Crippen MR) is 76.5 cm³/mol. The zero-order valence-electron chi connectivity index (χ0n) is 12.9. The van der Waals surface area contributed by atoms with Gasteiger partial charge in [0.15, 0.2) is 0 Å². The summed E-state index contributed by atoms with van der Waals surface area (Å²) >= 11 is 0. The van der Waals surface area contributed by atoms with Crippen LogP contribution >= 0.6 is 0 Å². The molecule has 0 saturated carbocycles. The van der Waals surface area contributed by atoms with Crippen LogP contribution < -0.4 is 5.32 Å². The molecule has 2 nitrogen and oxygen atoms in total. The first-order valence-electron chi connectivity index (χ1n) is 7.16. The fourth-order valence-corrected chi connectivity index (χ4v) is 1.54. The maximum Gasteiger partial charge on any atom is 0.0471 e. The van der Waals surface area contributed by atoms with Crippen molar-refractivity contribution < 1.29 is 4.74 Å². The summed E-state index contributed by atoms with van der Waals surface area (Å²) in [6, 6.07) is 0. The van der Waals surface area contributed by atoms with Crippen molar-refractivity contribution in [1.82, 2.24) is 5.32 Å². The fraction of sp³-hybridized carbons (Fsp3) is 1.00. The Balaban J connectivity index is 3.85. The van der Waals surface area contributed by atoms with Crippen molar-refractivity contribution in [3.05, 3.63) is 0 Å². The highest BCUT2D eigenvalue weighted by Gasteiger charge is 2.23. The van der Waals surface area contributed by atoms with Crippen LogP contribution in [-0.4, -0.2) is 25.3 Å². The molecule has 0 aliphatic heterocycles. The summed E-state index contributed by atoms with van der Waals surface area (Å²) in [5.74, 6) is 0. The third-order valence-corrected chi connectivity index (χ3v) is 3.39. The molecule has 1 unspecified atom stereocenters. The second-order valence-electron chi connectivity index (χ2n) is 6.48. The lowest BCUT2D eigenvalue weighted by Gasteiger charge is -2.33. The van der Waals surface area contributed by atoms with Gasteiger partial charge in [-0.2, -0.15) is 0 Å². The topological polar surface area (TPSA) is 21.3 Å². The van der Waals surface area contributed by atoms with Crippen molar-refractivity contribution in [2.75, 3.05) is 19.8 Å². The van der Waals surface area contributed by atoms with Crippen molar-refractivity contribution in [1.29, 1.82) is 0 Å². The average molecular weight is 243 g/mol. The van der Waals surface area contributed by atoms with Gasteiger partial charge >= 0.3 is 0 Å². The van der Waals surface area contributed by atoms with Crippen molar-refractivity contribution in [2.45, 2.75) is 72.8 Å². The molecule has 0 bridgehead atoms. The Morgan fingerprint density at radius 3 is 2.12 bits per heavy atom. The minimum atomic E-state index is 0.208. The van der Waals surface area contributed by atoms with Crippen LogP contribution in [0.2, 0.25) is 0 Å². The molecule has 0 aromatic carbocycles. The molecular formula is C15H33NO. The lowest BCUT2D eigenvalue weighted by Crippen LogP contribution is -2.43. The Kier molecular flexibility index (Phi) is 8.06. The quantitative estimate of drug-likeness (QED) is 0.618. The van der Waals surface area contributed by atoms with Crippen LogP contribution in [0, 0.1) is 5.41 Å². The maximum absolute atomic E-state index is 5.68. The Bertz CT molecular complexity index is 186. The molecule has 1 atom stereocenters. The number of hydrogen-bond acceptors (Lipinski definition) is 2. The normalized spacial score (nSPS) is 15.9. The molecule has 0 fully saturated rings. The Morgan fingerprint density at radius 1 is 1.00 bits per heavy atom. The first kappa shape index (κ1) is 16.9. The Labute approximate surface area is 109 Å². The van der Waals surface area contributed by atoms with Crippen molar-refractivity contribution in [3.63, 3.8) is 0 Å². The minimum Gasteiger partial charge on any atom is -0.381 e. The van der Waals surface area contributed by atoms with E-state index in [1.54, 1.807) is 0 Å². The Hall–Kier alpha value is -0.0800. The average Bonchev–Trinajstić information content (AvgIpc) is 2.25. The zero-order chi connectivity index (χ0) is 13.4. The van der Waals surface area contributed by atoms with E-state index in [2.05, 4.69) is 46.9 Å². The summed E-state index contributed by atoms with van der Waals surface area (Å²) in [4.78, 5) is 0. The summed E-state index contributed by atoms with van der Waals surface area (Å²) in [6.45, 7) is 16.4. The fourth-order valence-electron chi connectivity index (χ4n) is 1.54. The highest BCUT2D eigenvalue weighted by molar-refractivity contribution is 4.80. The lowest BCUT2D eigenvalue weighted by molar-refractivity contribution is 0.0919. The molecule has 0 aromatic heterocycles. The van der Waals surface area contributed by atoms with E-state index in [0.29, 0.717) is 5.41 Å². The highest BCUT2D eigenvalue weighted by atomic mass is 16.5. The van der Waals surface area contributed by atoms with Gasteiger partial charge in [-0.15, -0.1) is 0 Å². The van der Waals surface area contributed by atoms with Crippen molar-refractivity contribution in [2.24, 2.45) is 5.41 Å². The zero-order valence-corrected chi connectivity index (χ0v) is 12.9. The Morgan fingerprint density at radius 2 is 1.65 bits per heavy atom. The third kappa shape index (κ3) is 9.61. The van der Waals surface area contributed by atoms with E-state index in [-0.39, 0.29) is 5.54 Å². The van der Waals surface area contributed by atoms with E-state index in [1.807, 2.05) is 0 Å². The van der Waals surface area contributed by atoms with E-state index in [9.17, 15) is 0 Å². The molecular weight excluding hydrogens is 210 g/mol. The van der Waals surface area contributed by atoms with Crippen LogP contribution in [0.4, 0.5) is 0 Å². The van der Waals surface area contributed by atoms with Crippen LogP contribution in [0.15, 0.2) is 0 Å². The number of hydrogen-bond donors (Lipinski definition) is 1. The van der Waals surface area contributed by atoms with E-state index in [4.69, 9.17) is 4.74 Å². The molecule has 0 amide bonds. The molecule has 0 saturated heterocycles. The van der Waals surface area contributed by atoms with Gasteiger partial charge in [0.05, 0.1) is 0 Å². The molecule has 104 valence electrons. The molecule has 17 heavy (non-hydrogen) atoms. The number of unbranched alkanes of at least 4 members (excludes halogenated alkanes) is 1. The van der Waals surface area contributed by atoms with Gasteiger partial charge in [0.25, 0.3) is 0 Å². The maximum atomic E-state index is 5.68. The van der Waals surface area contributed by atoms with Crippen LogP contribution in [0.1, 0.15) is 67.2 Å². The molecule has 0 rings (SSSR count). The van der Waals surface area contributed by atoms with Gasteiger partial charge < -0.3 is 10.1 Å². The van der Waals surface area contributed by atoms with E-state index in [1.165, 1.54) is 19.3 Å². The van der Waals surface area contributed by atoms with Gasteiger partial charge in [-0.05, 0) is 45.4 Å². The SMILES string of the molecule is CCCCOCCC(C)(CC)CNC(C)(C)C. The first-order valence-corrected chi connectivity index (χ1v) is 7.16. The predicted octanol–water partition coefficient (Wildman–Crippen LogP) is 4.00. The van der Waals surface area contributed by atoms with Gasteiger partial charge in [-0.25, -0.2) is 0 Å². The van der Waals surface area contributed by atoms with E-state index >= 15 is 0 Å². The summed E-state index contributed by atoms with van der Waals surface area (Å²) in [5.41, 5.74) is 0.568. The lowest BCUT2D eigenvalue weighted by atomic mass is 9.83. The third-order valence-electron chi connectivity index (χ3n) is 3.39. The molecule has 0 aromatic rings. The molecule has 2 heteroatoms. The van der Waals surface area contributed by atoms with Crippen molar-refractivity contribution >= 4 is 0 Å². The minimum absolute atomic E-state index is 0.208. The molecule has 1 N–H and O–H groups in total. The number of ether oxygens (including phenoxy) is 1. The summed E-state index contributed by atoms with van der Waals surface area (Å²) in [5, 5.41) is 3.61. The number of rotatable bonds is 9. The monoisotopic (exact) mass is 243 g/mol. The van der Waals surface area contributed by atoms with Crippen molar-refractivity contribution in [3.8, 4) is 0 Å². The van der Waals surface area contributed by atoms with Gasteiger partial charge in [0.1, 0.15) is 0 Å². The second kappa shape index (κ2) is 8.10. The van der Waals surface area contributed by atoms with Crippen LogP contribution in [-0.2, 0) is 4.74 Å². The van der Waals surface area contributed by atoms with Gasteiger partial charge in [0.2, 0.25) is 0 Å².